The minimum atomic E-state index is -0.195. The summed E-state index contributed by atoms with van der Waals surface area (Å²) in [5.74, 6) is -0.195. The molecule has 1 N–H and O–H groups in total. The van der Waals surface area contributed by atoms with Crippen molar-refractivity contribution in [2.24, 2.45) is 0 Å². The van der Waals surface area contributed by atoms with Crippen LogP contribution >= 0.6 is 0 Å². The molecule has 1 atom stereocenters. The lowest BCUT2D eigenvalue weighted by Gasteiger charge is -2.14. The van der Waals surface area contributed by atoms with Gasteiger partial charge in [-0.25, -0.2) is 4.39 Å². The predicted molar refractivity (Wildman–Crippen MR) is 83.4 cm³/mol. The molecule has 0 fully saturated rings. The first kappa shape index (κ1) is 13.7. The number of nitrogens with one attached hydrogen (secondary N) is 1. The average molecular weight is 280 g/mol. The van der Waals surface area contributed by atoms with E-state index in [4.69, 9.17) is 0 Å². The maximum atomic E-state index is 13.2. The molecule has 1 heterocycles. The van der Waals surface area contributed by atoms with Crippen LogP contribution in [0, 0.1) is 5.82 Å². The average Bonchev–Trinajstić information content (AvgIpc) is 2.52. The SMILES string of the molecule is CC(NCc1ccc2cnccc2c1)c1cccc(F)c1. The fourth-order valence-corrected chi connectivity index (χ4v) is 2.41. The largest absolute Gasteiger partial charge is 0.306 e. The highest BCUT2D eigenvalue weighted by Crippen LogP contribution is 2.17. The van der Waals surface area contributed by atoms with Crippen LogP contribution in [0.2, 0.25) is 0 Å². The molecular weight excluding hydrogens is 263 g/mol. The molecule has 0 saturated carbocycles. The molecule has 3 heteroatoms. The Morgan fingerprint density at radius 2 is 2.00 bits per heavy atom. The van der Waals surface area contributed by atoms with E-state index >= 15 is 0 Å². The van der Waals surface area contributed by atoms with Crippen molar-refractivity contribution in [1.29, 1.82) is 0 Å². The Morgan fingerprint density at radius 1 is 1.10 bits per heavy atom. The van der Waals surface area contributed by atoms with Gasteiger partial charge in [0, 0.05) is 30.4 Å². The second-order valence-corrected chi connectivity index (χ2v) is 5.21. The number of fused-ring (bicyclic) bond motifs is 1. The number of nitrogens with zero attached hydrogens (tertiary/aromatic N) is 1. The molecule has 2 nitrogen and oxygen atoms in total. The zero-order valence-corrected chi connectivity index (χ0v) is 11.9. The van der Waals surface area contributed by atoms with Crippen LogP contribution < -0.4 is 5.32 Å². The van der Waals surface area contributed by atoms with Crippen molar-refractivity contribution in [3.05, 3.63) is 77.9 Å². The third-order valence-corrected chi connectivity index (χ3v) is 3.67. The van der Waals surface area contributed by atoms with Gasteiger partial charge in [0.15, 0.2) is 0 Å². The number of aromatic nitrogens is 1. The van der Waals surface area contributed by atoms with E-state index in [0.29, 0.717) is 0 Å². The molecule has 21 heavy (non-hydrogen) atoms. The molecule has 0 spiro atoms. The molecule has 1 unspecified atom stereocenters. The van der Waals surface area contributed by atoms with Crippen LogP contribution in [0.4, 0.5) is 4.39 Å². The van der Waals surface area contributed by atoms with E-state index in [2.05, 4.69) is 28.5 Å². The summed E-state index contributed by atoms with van der Waals surface area (Å²) in [5, 5.41) is 5.75. The minimum Gasteiger partial charge on any atom is -0.306 e. The molecule has 0 saturated heterocycles. The number of hydrogen-bond donors (Lipinski definition) is 1. The highest BCUT2D eigenvalue weighted by molar-refractivity contribution is 5.81. The first-order valence-corrected chi connectivity index (χ1v) is 7.04. The van der Waals surface area contributed by atoms with Crippen LogP contribution in [-0.4, -0.2) is 4.98 Å². The van der Waals surface area contributed by atoms with Crippen LogP contribution in [-0.2, 0) is 6.54 Å². The lowest BCUT2D eigenvalue weighted by atomic mass is 10.1. The van der Waals surface area contributed by atoms with Gasteiger partial charge in [0.05, 0.1) is 0 Å². The standard InChI is InChI=1S/C18H17FN2/c1-13(15-3-2-4-18(19)10-15)21-11-14-5-6-17-12-20-8-7-16(17)9-14/h2-10,12-13,21H,11H2,1H3. The molecule has 0 bridgehead atoms. The zero-order chi connectivity index (χ0) is 14.7. The van der Waals surface area contributed by atoms with Gasteiger partial charge in [0.2, 0.25) is 0 Å². The molecule has 3 rings (SSSR count). The van der Waals surface area contributed by atoms with Crippen molar-refractivity contribution in [2.45, 2.75) is 19.5 Å². The quantitative estimate of drug-likeness (QED) is 0.773. The topological polar surface area (TPSA) is 24.9 Å². The highest BCUT2D eigenvalue weighted by atomic mass is 19.1. The molecule has 1 aromatic heterocycles. The van der Waals surface area contributed by atoms with E-state index in [1.165, 1.54) is 17.0 Å². The Morgan fingerprint density at radius 3 is 2.86 bits per heavy atom. The summed E-state index contributed by atoms with van der Waals surface area (Å²) in [6.07, 6.45) is 3.66. The number of benzene rings is 2. The summed E-state index contributed by atoms with van der Waals surface area (Å²) in [7, 11) is 0. The van der Waals surface area contributed by atoms with Gasteiger partial charge in [-0.2, -0.15) is 0 Å². The van der Waals surface area contributed by atoms with E-state index in [0.717, 1.165) is 17.5 Å². The highest BCUT2D eigenvalue weighted by Gasteiger charge is 2.06. The molecular formula is C18H17FN2. The van der Waals surface area contributed by atoms with Gasteiger partial charge in [0.1, 0.15) is 5.82 Å². The molecule has 106 valence electrons. The van der Waals surface area contributed by atoms with Crippen LogP contribution in [0.25, 0.3) is 10.8 Å². The first-order chi connectivity index (χ1) is 10.2. The fourth-order valence-electron chi connectivity index (χ4n) is 2.41. The molecule has 0 radical (unpaired) electrons. The van der Waals surface area contributed by atoms with Crippen LogP contribution in [0.15, 0.2) is 60.9 Å². The molecule has 0 amide bonds. The lowest BCUT2D eigenvalue weighted by molar-refractivity contribution is 0.565. The molecule has 2 aromatic carbocycles. The van der Waals surface area contributed by atoms with Crippen molar-refractivity contribution in [3.63, 3.8) is 0 Å². The monoisotopic (exact) mass is 280 g/mol. The van der Waals surface area contributed by atoms with Crippen molar-refractivity contribution in [3.8, 4) is 0 Å². The van der Waals surface area contributed by atoms with E-state index in [1.807, 2.05) is 25.3 Å². The minimum absolute atomic E-state index is 0.105. The van der Waals surface area contributed by atoms with E-state index in [9.17, 15) is 4.39 Å². The van der Waals surface area contributed by atoms with Crippen LogP contribution in [0.5, 0.6) is 0 Å². The predicted octanol–water partition coefficient (Wildman–Crippen LogP) is 4.22. The van der Waals surface area contributed by atoms with E-state index < -0.39 is 0 Å². The van der Waals surface area contributed by atoms with Gasteiger partial charge in [-0.05, 0) is 47.7 Å². The Labute approximate surface area is 123 Å². The molecule has 0 aliphatic heterocycles. The summed E-state index contributed by atoms with van der Waals surface area (Å²) in [6.45, 7) is 2.79. The Hall–Kier alpha value is -2.26. The molecule has 0 aliphatic carbocycles. The zero-order valence-electron chi connectivity index (χ0n) is 11.9. The maximum absolute atomic E-state index is 13.2. The van der Waals surface area contributed by atoms with Gasteiger partial charge in [-0.15, -0.1) is 0 Å². The number of pyridine rings is 1. The Kier molecular flexibility index (Phi) is 3.93. The fraction of sp³-hybridized carbons (Fsp3) is 0.167. The van der Waals surface area contributed by atoms with Crippen molar-refractivity contribution in [2.75, 3.05) is 0 Å². The normalized spacial score (nSPS) is 12.5. The Bertz CT molecular complexity index is 755. The van der Waals surface area contributed by atoms with Crippen molar-refractivity contribution < 1.29 is 4.39 Å². The van der Waals surface area contributed by atoms with Gasteiger partial charge in [-0.1, -0.05) is 24.3 Å². The van der Waals surface area contributed by atoms with Gasteiger partial charge in [0.25, 0.3) is 0 Å². The van der Waals surface area contributed by atoms with Crippen molar-refractivity contribution in [1.82, 2.24) is 10.3 Å². The number of rotatable bonds is 4. The number of halogens is 1. The lowest BCUT2D eigenvalue weighted by Crippen LogP contribution is -2.18. The molecule has 3 aromatic rings. The third-order valence-electron chi connectivity index (χ3n) is 3.67. The maximum Gasteiger partial charge on any atom is 0.123 e. The summed E-state index contributed by atoms with van der Waals surface area (Å²) < 4.78 is 13.2. The van der Waals surface area contributed by atoms with Crippen LogP contribution in [0.1, 0.15) is 24.1 Å². The first-order valence-electron chi connectivity index (χ1n) is 7.04. The molecule has 0 aliphatic rings. The second-order valence-electron chi connectivity index (χ2n) is 5.21. The van der Waals surface area contributed by atoms with Crippen molar-refractivity contribution >= 4 is 10.8 Å². The number of hydrogen-bond acceptors (Lipinski definition) is 2. The summed E-state index contributed by atoms with van der Waals surface area (Å²) in [6, 6.07) is 15.2. The third kappa shape index (κ3) is 3.26. The smallest absolute Gasteiger partial charge is 0.123 e. The van der Waals surface area contributed by atoms with E-state index in [1.54, 1.807) is 18.3 Å². The van der Waals surface area contributed by atoms with Gasteiger partial charge < -0.3 is 5.32 Å². The Balaban J connectivity index is 1.71. The summed E-state index contributed by atoms with van der Waals surface area (Å²) >= 11 is 0. The van der Waals surface area contributed by atoms with Crippen LogP contribution in [0.3, 0.4) is 0 Å². The summed E-state index contributed by atoms with van der Waals surface area (Å²) in [4.78, 5) is 4.11. The van der Waals surface area contributed by atoms with Gasteiger partial charge in [-0.3, -0.25) is 4.98 Å². The second kappa shape index (κ2) is 6.02. The van der Waals surface area contributed by atoms with E-state index in [-0.39, 0.29) is 11.9 Å². The summed E-state index contributed by atoms with van der Waals surface area (Å²) in [5.41, 5.74) is 2.16. The van der Waals surface area contributed by atoms with Gasteiger partial charge >= 0.3 is 0 Å².